The molecule has 0 spiro atoms. The Morgan fingerprint density at radius 3 is 2.95 bits per heavy atom. The van der Waals surface area contributed by atoms with Crippen molar-refractivity contribution in [3.8, 4) is 0 Å². The van der Waals surface area contributed by atoms with Crippen molar-refractivity contribution < 1.29 is 4.79 Å². The number of carbonyl (C=O) groups is 1. The predicted octanol–water partition coefficient (Wildman–Crippen LogP) is 1.92. The Labute approximate surface area is 121 Å². The van der Waals surface area contributed by atoms with Crippen LogP contribution in [0, 0.1) is 0 Å². The number of fused-ring (bicyclic) bond motifs is 1. The molecule has 5 N–H and O–H groups in total. The first-order valence-electron chi connectivity index (χ1n) is 6.55. The minimum Gasteiger partial charge on any atom is -0.369 e. The van der Waals surface area contributed by atoms with Crippen LogP contribution < -0.4 is 11.1 Å². The maximum atomic E-state index is 12.0. The molecule has 0 aliphatic carbocycles. The molecule has 0 unspecified atom stereocenters. The van der Waals surface area contributed by atoms with E-state index in [-0.39, 0.29) is 5.91 Å². The van der Waals surface area contributed by atoms with Crippen LogP contribution in [0.3, 0.4) is 0 Å². The van der Waals surface area contributed by atoms with Crippen LogP contribution in [-0.2, 0) is 0 Å². The number of rotatable bonds is 4. The molecule has 0 bridgehead atoms. The summed E-state index contributed by atoms with van der Waals surface area (Å²) in [6.07, 6.45) is 5.27. The Hall–Kier alpha value is -3.02. The molecule has 1 amide bonds. The highest BCUT2D eigenvalue weighted by Crippen LogP contribution is 2.14. The molecule has 6 nitrogen and oxygen atoms in total. The number of hydrogen-bond acceptors (Lipinski definition) is 3. The van der Waals surface area contributed by atoms with E-state index in [1.54, 1.807) is 6.20 Å². The van der Waals surface area contributed by atoms with Crippen molar-refractivity contribution in [2.75, 3.05) is 12.3 Å². The van der Waals surface area contributed by atoms with E-state index in [0.29, 0.717) is 18.2 Å². The molecule has 0 fully saturated rings. The van der Waals surface area contributed by atoms with E-state index in [1.807, 2.05) is 42.5 Å². The number of nitrogen functional groups attached to an aromatic ring is 1. The Bertz CT molecular complexity index is 766. The number of aromatic amines is 2. The number of imidazole rings is 1. The molecular weight excluding hydrogens is 266 g/mol. The largest absolute Gasteiger partial charge is 0.369 e. The lowest BCUT2D eigenvalue weighted by Crippen LogP contribution is -2.23. The molecule has 106 valence electrons. The fourth-order valence-electron chi connectivity index (χ4n) is 2.06. The highest BCUT2D eigenvalue weighted by molar-refractivity contribution is 5.98. The number of para-hydroxylation sites is 1. The normalized spacial score (nSPS) is 11.2. The number of nitrogens with zero attached hydrogens (tertiary/aromatic N) is 1. The predicted molar refractivity (Wildman–Crippen MR) is 82.7 cm³/mol. The first-order valence-corrected chi connectivity index (χ1v) is 6.55. The number of nitrogens with two attached hydrogens (primary N) is 1. The summed E-state index contributed by atoms with van der Waals surface area (Å²) in [5.41, 5.74) is 7.77. The molecule has 0 radical (unpaired) electrons. The number of amides is 1. The number of hydrogen-bond donors (Lipinski definition) is 4. The average molecular weight is 281 g/mol. The number of nitrogens with one attached hydrogen (secondary N) is 3. The maximum Gasteiger partial charge on any atom is 0.267 e. The standard InChI is InChI=1S/C15H15N5O/c16-15-18-9-11(19-15)5-3-7-17-14(21)13-8-10-4-1-2-6-12(10)20-13/h1-6,8-9,20H,7H2,(H,17,21)(H3,16,18,19)/b5-3+. The monoisotopic (exact) mass is 281 g/mol. The molecule has 2 aromatic heterocycles. The van der Waals surface area contributed by atoms with Gasteiger partial charge in [0.05, 0.1) is 11.9 Å². The first-order chi connectivity index (χ1) is 10.2. The molecule has 0 saturated heterocycles. The van der Waals surface area contributed by atoms with Gasteiger partial charge in [0.15, 0.2) is 5.95 Å². The van der Waals surface area contributed by atoms with Gasteiger partial charge in [-0.25, -0.2) is 4.98 Å². The minimum absolute atomic E-state index is 0.139. The van der Waals surface area contributed by atoms with E-state index in [2.05, 4.69) is 20.3 Å². The molecule has 3 aromatic rings. The summed E-state index contributed by atoms with van der Waals surface area (Å²) in [7, 11) is 0. The topological polar surface area (TPSA) is 99.6 Å². The molecule has 3 rings (SSSR count). The van der Waals surface area contributed by atoms with Crippen LogP contribution in [0.5, 0.6) is 0 Å². The summed E-state index contributed by atoms with van der Waals surface area (Å²) in [5.74, 6) is 0.233. The number of carbonyl (C=O) groups excluding carboxylic acids is 1. The number of benzene rings is 1. The van der Waals surface area contributed by atoms with Gasteiger partial charge in [-0.15, -0.1) is 0 Å². The van der Waals surface area contributed by atoms with Crippen LogP contribution in [-0.4, -0.2) is 27.4 Å². The fourth-order valence-corrected chi connectivity index (χ4v) is 2.06. The van der Waals surface area contributed by atoms with Gasteiger partial charge in [0, 0.05) is 17.4 Å². The van der Waals surface area contributed by atoms with Crippen molar-refractivity contribution >= 4 is 28.8 Å². The highest BCUT2D eigenvalue weighted by Gasteiger charge is 2.07. The van der Waals surface area contributed by atoms with Gasteiger partial charge in [0.2, 0.25) is 0 Å². The second-order valence-electron chi connectivity index (χ2n) is 4.61. The Morgan fingerprint density at radius 2 is 2.19 bits per heavy atom. The van der Waals surface area contributed by atoms with E-state index in [0.717, 1.165) is 16.6 Å². The van der Waals surface area contributed by atoms with Gasteiger partial charge in [0.25, 0.3) is 5.91 Å². The summed E-state index contributed by atoms with van der Waals surface area (Å²) in [5, 5.41) is 3.83. The maximum absolute atomic E-state index is 12.0. The summed E-state index contributed by atoms with van der Waals surface area (Å²) < 4.78 is 0. The molecule has 0 saturated carbocycles. The van der Waals surface area contributed by atoms with Crippen LogP contribution in [0.25, 0.3) is 17.0 Å². The van der Waals surface area contributed by atoms with Gasteiger partial charge in [-0.2, -0.15) is 0 Å². The lowest BCUT2D eigenvalue weighted by molar-refractivity contribution is 0.0954. The van der Waals surface area contributed by atoms with Crippen molar-refractivity contribution in [3.63, 3.8) is 0 Å². The van der Waals surface area contributed by atoms with E-state index < -0.39 is 0 Å². The Balaban J connectivity index is 1.60. The quantitative estimate of drug-likeness (QED) is 0.587. The first kappa shape index (κ1) is 13.0. The van der Waals surface area contributed by atoms with Crippen LogP contribution >= 0.6 is 0 Å². The molecule has 6 heteroatoms. The highest BCUT2D eigenvalue weighted by atomic mass is 16.1. The third-order valence-electron chi connectivity index (χ3n) is 3.07. The molecule has 0 atom stereocenters. The van der Waals surface area contributed by atoms with Crippen molar-refractivity contribution in [1.29, 1.82) is 0 Å². The Kier molecular flexibility index (Phi) is 3.42. The average Bonchev–Trinajstić information content (AvgIpc) is 3.09. The second-order valence-corrected chi connectivity index (χ2v) is 4.61. The van der Waals surface area contributed by atoms with Crippen LogP contribution in [0.4, 0.5) is 5.95 Å². The summed E-state index contributed by atoms with van der Waals surface area (Å²) in [6.45, 7) is 0.424. The fraction of sp³-hybridized carbons (Fsp3) is 0.0667. The molecule has 0 aliphatic heterocycles. The lowest BCUT2D eigenvalue weighted by atomic mass is 10.2. The zero-order chi connectivity index (χ0) is 14.7. The molecule has 2 heterocycles. The van der Waals surface area contributed by atoms with Gasteiger partial charge in [0.1, 0.15) is 5.69 Å². The van der Waals surface area contributed by atoms with Crippen LogP contribution in [0.1, 0.15) is 16.2 Å². The van der Waals surface area contributed by atoms with Crippen molar-refractivity contribution in [2.24, 2.45) is 0 Å². The second kappa shape index (κ2) is 5.54. The molecule has 21 heavy (non-hydrogen) atoms. The van der Waals surface area contributed by atoms with Crippen molar-refractivity contribution in [3.05, 3.63) is 54.0 Å². The molecule has 0 aliphatic rings. The van der Waals surface area contributed by atoms with E-state index in [4.69, 9.17) is 5.73 Å². The van der Waals surface area contributed by atoms with Gasteiger partial charge in [-0.3, -0.25) is 4.79 Å². The zero-order valence-corrected chi connectivity index (χ0v) is 11.3. The minimum atomic E-state index is -0.139. The van der Waals surface area contributed by atoms with Gasteiger partial charge >= 0.3 is 0 Å². The summed E-state index contributed by atoms with van der Waals surface area (Å²) in [6, 6.07) is 9.61. The number of aromatic nitrogens is 3. The smallest absolute Gasteiger partial charge is 0.267 e. The van der Waals surface area contributed by atoms with Gasteiger partial charge < -0.3 is 21.0 Å². The third-order valence-corrected chi connectivity index (χ3v) is 3.07. The SMILES string of the molecule is Nc1ncc(/C=C/CNC(=O)c2cc3ccccc3[nH]2)[nH]1. The van der Waals surface area contributed by atoms with Crippen LogP contribution in [0.2, 0.25) is 0 Å². The lowest BCUT2D eigenvalue weighted by Gasteiger charge is -1.98. The zero-order valence-electron chi connectivity index (χ0n) is 11.3. The third kappa shape index (κ3) is 2.94. The molecular formula is C15H15N5O. The molecule has 1 aromatic carbocycles. The summed E-state index contributed by atoms with van der Waals surface area (Å²) >= 11 is 0. The number of H-pyrrole nitrogens is 2. The summed E-state index contributed by atoms with van der Waals surface area (Å²) in [4.78, 5) is 21.9. The van der Waals surface area contributed by atoms with E-state index in [1.165, 1.54) is 0 Å². The number of anilines is 1. The van der Waals surface area contributed by atoms with Crippen molar-refractivity contribution in [1.82, 2.24) is 20.3 Å². The van der Waals surface area contributed by atoms with Crippen molar-refractivity contribution in [2.45, 2.75) is 0 Å². The van der Waals surface area contributed by atoms with Gasteiger partial charge in [-0.05, 0) is 18.2 Å². The van der Waals surface area contributed by atoms with Crippen LogP contribution in [0.15, 0.2) is 42.6 Å². The van der Waals surface area contributed by atoms with Gasteiger partial charge in [-0.1, -0.05) is 24.3 Å². The Morgan fingerprint density at radius 1 is 1.33 bits per heavy atom. The van der Waals surface area contributed by atoms with E-state index >= 15 is 0 Å². The van der Waals surface area contributed by atoms with E-state index in [9.17, 15) is 4.79 Å².